The molecule has 2 amide bonds. The van der Waals surface area contributed by atoms with Crippen LogP contribution < -0.4 is 10.6 Å². The van der Waals surface area contributed by atoms with Crippen LogP contribution in [0.2, 0.25) is 0 Å². The molecule has 2 fully saturated rings. The van der Waals surface area contributed by atoms with Crippen LogP contribution in [0, 0.1) is 17.0 Å². The van der Waals surface area contributed by atoms with Crippen molar-refractivity contribution in [2.45, 2.75) is 38.8 Å². The normalized spacial score (nSPS) is 19.1. The van der Waals surface area contributed by atoms with Gasteiger partial charge in [-0.15, -0.1) is 0 Å². The SMILES string of the molecule is Cc1cc([N+](=O)[O-])ccc1NC(=O)CN1CCN(C(C)C(=O)NC2CC2)CC1. The zero-order chi connectivity index (χ0) is 20.3. The Balaban J connectivity index is 1.44. The molecule has 1 aliphatic heterocycles. The molecule has 0 bridgehead atoms. The summed E-state index contributed by atoms with van der Waals surface area (Å²) < 4.78 is 0. The highest BCUT2D eigenvalue weighted by atomic mass is 16.6. The minimum absolute atomic E-state index is 0.00598. The van der Waals surface area contributed by atoms with Gasteiger partial charge in [-0.3, -0.25) is 29.5 Å². The first-order valence-electron chi connectivity index (χ1n) is 9.65. The maximum Gasteiger partial charge on any atom is 0.269 e. The van der Waals surface area contributed by atoms with Crippen molar-refractivity contribution in [3.8, 4) is 0 Å². The largest absolute Gasteiger partial charge is 0.352 e. The van der Waals surface area contributed by atoms with Gasteiger partial charge in [0.15, 0.2) is 0 Å². The number of non-ortho nitro benzene ring substituents is 1. The van der Waals surface area contributed by atoms with Crippen molar-refractivity contribution < 1.29 is 14.5 Å². The number of nitrogens with zero attached hydrogens (tertiary/aromatic N) is 3. The van der Waals surface area contributed by atoms with Crippen LogP contribution in [0.3, 0.4) is 0 Å². The molecular weight excluding hydrogens is 362 g/mol. The van der Waals surface area contributed by atoms with Gasteiger partial charge in [0, 0.05) is 50.0 Å². The summed E-state index contributed by atoms with van der Waals surface area (Å²) >= 11 is 0. The van der Waals surface area contributed by atoms with Gasteiger partial charge < -0.3 is 10.6 Å². The van der Waals surface area contributed by atoms with Gasteiger partial charge in [-0.25, -0.2) is 0 Å². The summed E-state index contributed by atoms with van der Waals surface area (Å²) in [6.07, 6.45) is 2.16. The number of hydrogen-bond acceptors (Lipinski definition) is 6. The molecule has 2 N–H and O–H groups in total. The van der Waals surface area contributed by atoms with Gasteiger partial charge >= 0.3 is 0 Å². The van der Waals surface area contributed by atoms with E-state index in [2.05, 4.69) is 20.4 Å². The van der Waals surface area contributed by atoms with Crippen molar-refractivity contribution in [1.29, 1.82) is 0 Å². The standard InChI is InChI=1S/C19H27N5O4/c1-13-11-16(24(27)28)5-6-17(13)21-18(25)12-22-7-9-23(10-8-22)14(2)19(26)20-15-3-4-15/h5-6,11,14-15H,3-4,7-10,12H2,1-2H3,(H,20,26)(H,21,25). The summed E-state index contributed by atoms with van der Waals surface area (Å²) in [5.41, 5.74) is 1.24. The van der Waals surface area contributed by atoms with Crippen LogP contribution in [0.1, 0.15) is 25.3 Å². The summed E-state index contributed by atoms with van der Waals surface area (Å²) in [6, 6.07) is 4.60. The molecule has 9 heteroatoms. The number of carbonyl (C=O) groups excluding carboxylic acids is 2. The zero-order valence-corrected chi connectivity index (χ0v) is 16.3. The maximum atomic E-state index is 12.3. The zero-order valence-electron chi connectivity index (χ0n) is 16.3. The second-order valence-corrected chi connectivity index (χ2v) is 7.58. The molecule has 3 rings (SSSR count). The lowest BCUT2D eigenvalue weighted by atomic mass is 10.1. The molecule has 1 aliphatic carbocycles. The highest BCUT2D eigenvalue weighted by Crippen LogP contribution is 2.21. The Kier molecular flexibility index (Phi) is 6.25. The van der Waals surface area contributed by atoms with Gasteiger partial charge in [0.1, 0.15) is 0 Å². The molecule has 1 heterocycles. The number of hydrogen-bond donors (Lipinski definition) is 2. The van der Waals surface area contributed by atoms with E-state index < -0.39 is 4.92 Å². The first kappa shape index (κ1) is 20.2. The lowest BCUT2D eigenvalue weighted by Gasteiger charge is -2.37. The first-order valence-corrected chi connectivity index (χ1v) is 9.65. The van der Waals surface area contributed by atoms with E-state index in [0.29, 0.717) is 30.4 Å². The summed E-state index contributed by atoms with van der Waals surface area (Å²) in [4.78, 5) is 39.1. The van der Waals surface area contributed by atoms with E-state index in [0.717, 1.165) is 25.9 Å². The fourth-order valence-corrected chi connectivity index (χ4v) is 3.32. The highest BCUT2D eigenvalue weighted by molar-refractivity contribution is 5.93. The van der Waals surface area contributed by atoms with Gasteiger partial charge in [-0.1, -0.05) is 0 Å². The number of piperazine rings is 1. The van der Waals surface area contributed by atoms with Crippen LogP contribution in [0.5, 0.6) is 0 Å². The van der Waals surface area contributed by atoms with Crippen LogP contribution in [-0.2, 0) is 9.59 Å². The molecule has 1 aromatic rings. The topological polar surface area (TPSA) is 108 Å². The fraction of sp³-hybridized carbons (Fsp3) is 0.579. The monoisotopic (exact) mass is 389 g/mol. The Hall–Kier alpha value is -2.52. The Morgan fingerprint density at radius 3 is 2.50 bits per heavy atom. The van der Waals surface area contributed by atoms with Crippen molar-refractivity contribution in [3.63, 3.8) is 0 Å². The molecule has 0 radical (unpaired) electrons. The molecule has 1 saturated heterocycles. The maximum absolute atomic E-state index is 12.3. The second-order valence-electron chi connectivity index (χ2n) is 7.58. The van der Waals surface area contributed by atoms with Crippen LogP contribution in [0.4, 0.5) is 11.4 Å². The third kappa shape index (κ3) is 5.26. The Morgan fingerprint density at radius 1 is 1.25 bits per heavy atom. The molecule has 152 valence electrons. The van der Waals surface area contributed by atoms with Gasteiger partial charge in [0.25, 0.3) is 5.69 Å². The number of rotatable bonds is 7. The van der Waals surface area contributed by atoms with E-state index >= 15 is 0 Å². The molecule has 1 unspecified atom stereocenters. The molecule has 2 aliphatic rings. The lowest BCUT2D eigenvalue weighted by Crippen LogP contribution is -2.55. The van der Waals surface area contributed by atoms with Crippen molar-refractivity contribution >= 4 is 23.2 Å². The molecule has 1 saturated carbocycles. The second kappa shape index (κ2) is 8.66. The number of nitro groups is 1. The van der Waals surface area contributed by atoms with E-state index in [1.54, 1.807) is 13.0 Å². The molecule has 9 nitrogen and oxygen atoms in total. The molecule has 1 atom stereocenters. The Labute approximate surface area is 164 Å². The summed E-state index contributed by atoms with van der Waals surface area (Å²) in [6.45, 7) is 6.83. The molecule has 0 aromatic heterocycles. The lowest BCUT2D eigenvalue weighted by molar-refractivity contribution is -0.384. The van der Waals surface area contributed by atoms with Gasteiger partial charge in [-0.2, -0.15) is 0 Å². The quantitative estimate of drug-likeness (QED) is 0.535. The predicted octanol–water partition coefficient (Wildman–Crippen LogP) is 1.13. The average molecular weight is 389 g/mol. The van der Waals surface area contributed by atoms with E-state index in [1.165, 1.54) is 12.1 Å². The Morgan fingerprint density at radius 2 is 1.93 bits per heavy atom. The van der Waals surface area contributed by atoms with Gasteiger partial charge in [0.05, 0.1) is 17.5 Å². The van der Waals surface area contributed by atoms with Crippen LogP contribution in [-0.4, -0.2) is 71.3 Å². The molecule has 1 aromatic carbocycles. The smallest absolute Gasteiger partial charge is 0.269 e. The number of anilines is 1. The van der Waals surface area contributed by atoms with Crippen molar-refractivity contribution in [2.24, 2.45) is 0 Å². The molecule has 28 heavy (non-hydrogen) atoms. The first-order chi connectivity index (χ1) is 13.3. The van der Waals surface area contributed by atoms with Crippen molar-refractivity contribution in [2.75, 3.05) is 38.0 Å². The molecular formula is C19H27N5O4. The van der Waals surface area contributed by atoms with Crippen LogP contribution in [0.15, 0.2) is 18.2 Å². The fourth-order valence-electron chi connectivity index (χ4n) is 3.32. The van der Waals surface area contributed by atoms with Crippen molar-refractivity contribution in [3.05, 3.63) is 33.9 Å². The van der Waals surface area contributed by atoms with E-state index in [1.807, 2.05) is 6.92 Å². The van der Waals surface area contributed by atoms with Crippen LogP contribution >= 0.6 is 0 Å². The van der Waals surface area contributed by atoms with Crippen LogP contribution in [0.25, 0.3) is 0 Å². The highest BCUT2D eigenvalue weighted by Gasteiger charge is 2.30. The summed E-state index contributed by atoms with van der Waals surface area (Å²) in [7, 11) is 0. The number of amides is 2. The number of nitro benzene ring substituents is 1. The van der Waals surface area contributed by atoms with Crippen molar-refractivity contribution in [1.82, 2.24) is 15.1 Å². The Bertz CT molecular complexity index is 757. The van der Waals surface area contributed by atoms with E-state index in [9.17, 15) is 19.7 Å². The number of nitrogens with one attached hydrogen (secondary N) is 2. The van der Waals surface area contributed by atoms with Gasteiger partial charge in [0.2, 0.25) is 11.8 Å². The number of aryl methyl sites for hydroxylation is 1. The molecule has 0 spiro atoms. The summed E-state index contributed by atoms with van der Waals surface area (Å²) in [5.74, 6) is -0.0627. The minimum Gasteiger partial charge on any atom is -0.352 e. The summed E-state index contributed by atoms with van der Waals surface area (Å²) in [5, 5.41) is 16.7. The van der Waals surface area contributed by atoms with Gasteiger partial charge in [-0.05, 0) is 38.3 Å². The van der Waals surface area contributed by atoms with E-state index in [-0.39, 0.29) is 30.1 Å². The third-order valence-corrected chi connectivity index (χ3v) is 5.32. The number of benzene rings is 1. The minimum atomic E-state index is -0.454. The predicted molar refractivity (Wildman–Crippen MR) is 105 cm³/mol. The van der Waals surface area contributed by atoms with E-state index in [4.69, 9.17) is 0 Å². The third-order valence-electron chi connectivity index (χ3n) is 5.32. The number of carbonyl (C=O) groups is 2. The average Bonchev–Trinajstić information content (AvgIpc) is 3.47.